The summed E-state index contributed by atoms with van der Waals surface area (Å²) in [6, 6.07) is 7.42. The number of aliphatic hydroxyl groups is 1. The minimum absolute atomic E-state index is 0. The summed E-state index contributed by atoms with van der Waals surface area (Å²) in [5.74, 6) is -3.85. The van der Waals surface area contributed by atoms with E-state index in [2.05, 4.69) is 15.0 Å². The van der Waals surface area contributed by atoms with Crippen molar-refractivity contribution in [2.24, 2.45) is 5.92 Å². The Morgan fingerprint density at radius 1 is 1.21 bits per heavy atom. The lowest BCUT2D eigenvalue weighted by Crippen LogP contribution is -2.53. The standard InChI is InChI=1S/C30H26Cl2FN5O8.CH4/c1-46-28(40)15-7-8-16(20(11-15)37(42)43)22(39)12-21-26(38(44)45)24(17-3-2-4-19(31)25(17)33)30(36(21)13-14-5-6-14)18-9-10-23(32)34-27(18)35-29(30)41;/h2-4,7-11,14,21-22,24,26,39H,5-6,12-13H2,1H3,(H,34,35,41);1H4/t21-,22?,24-,26+,30+;/m0./s1. The van der Waals surface area contributed by atoms with Crippen molar-refractivity contribution in [1.82, 2.24) is 9.88 Å². The van der Waals surface area contributed by atoms with Crippen LogP contribution in [0.1, 0.15) is 65.8 Å². The molecule has 13 nitrogen and oxygen atoms in total. The molecule has 1 aliphatic carbocycles. The number of carbonyl (C=O) groups is 2. The van der Waals surface area contributed by atoms with Crippen LogP contribution in [0.2, 0.25) is 10.2 Å². The zero-order valence-corrected chi connectivity index (χ0v) is 25.6. The predicted molar refractivity (Wildman–Crippen MR) is 168 cm³/mol. The molecule has 3 aliphatic rings. The Morgan fingerprint density at radius 2 is 1.94 bits per heavy atom. The highest BCUT2D eigenvalue weighted by Crippen LogP contribution is 2.60. The van der Waals surface area contributed by atoms with Gasteiger partial charge in [0.2, 0.25) is 6.04 Å². The van der Waals surface area contributed by atoms with Crippen LogP contribution >= 0.6 is 23.2 Å². The van der Waals surface area contributed by atoms with Crippen molar-refractivity contribution in [2.45, 2.75) is 56.3 Å². The normalized spacial score (nSPS) is 23.9. The van der Waals surface area contributed by atoms with E-state index in [0.717, 1.165) is 26.0 Å². The van der Waals surface area contributed by atoms with Crippen molar-refractivity contribution in [2.75, 3.05) is 19.0 Å². The number of nitrogens with one attached hydrogen (secondary N) is 1. The number of nitro groups is 2. The molecule has 2 aromatic carbocycles. The number of carbonyl (C=O) groups excluding carboxylic acids is 2. The van der Waals surface area contributed by atoms with Gasteiger partial charge in [-0.25, -0.2) is 14.2 Å². The third-order valence-corrected chi connectivity index (χ3v) is 9.58. The summed E-state index contributed by atoms with van der Waals surface area (Å²) in [5, 5.41) is 39.1. The fraction of sp³-hybridized carbons (Fsp3) is 0.387. The predicted octanol–water partition coefficient (Wildman–Crippen LogP) is 5.65. The number of esters is 1. The number of halogens is 3. The summed E-state index contributed by atoms with van der Waals surface area (Å²) in [5.41, 5.74) is -2.77. The summed E-state index contributed by atoms with van der Waals surface area (Å²) in [4.78, 5) is 56.0. The zero-order chi connectivity index (χ0) is 33.1. The van der Waals surface area contributed by atoms with Gasteiger partial charge < -0.3 is 15.2 Å². The molecule has 47 heavy (non-hydrogen) atoms. The van der Waals surface area contributed by atoms with Gasteiger partial charge in [-0.1, -0.05) is 42.8 Å². The number of nitrogens with zero attached hydrogens (tertiary/aromatic N) is 4. The SMILES string of the molecule is C.COC(=O)c1ccc(C(O)C[C@H]2[C@@H]([N+](=O)[O-])[C@H](c3cccc(Cl)c3F)[C@]3(C(=O)Nc4nc(Cl)ccc43)N2CC2CC2)c([N+](=O)[O-])c1. The van der Waals surface area contributed by atoms with Gasteiger partial charge >= 0.3 is 5.97 Å². The highest BCUT2D eigenvalue weighted by molar-refractivity contribution is 6.31. The number of ether oxygens (including phenoxy) is 1. The second kappa shape index (κ2) is 12.8. The molecule has 1 amide bonds. The number of amides is 1. The van der Waals surface area contributed by atoms with Crippen LogP contribution in [0.15, 0.2) is 48.5 Å². The lowest BCUT2D eigenvalue weighted by Gasteiger charge is -2.39. The van der Waals surface area contributed by atoms with Crippen molar-refractivity contribution >= 4 is 46.6 Å². The third-order valence-electron chi connectivity index (χ3n) is 9.07. The molecule has 3 heterocycles. The van der Waals surface area contributed by atoms with Crippen LogP contribution < -0.4 is 5.32 Å². The number of anilines is 1. The number of aromatic nitrogens is 1. The van der Waals surface area contributed by atoms with E-state index in [-0.39, 0.29) is 58.1 Å². The van der Waals surface area contributed by atoms with Gasteiger partial charge in [-0.2, -0.15) is 0 Å². The lowest BCUT2D eigenvalue weighted by molar-refractivity contribution is -0.528. The molecule has 2 aliphatic heterocycles. The van der Waals surface area contributed by atoms with Crippen molar-refractivity contribution in [1.29, 1.82) is 0 Å². The van der Waals surface area contributed by atoms with E-state index in [4.69, 9.17) is 23.2 Å². The summed E-state index contributed by atoms with van der Waals surface area (Å²) in [6.07, 6.45) is -0.585. The molecular formula is C31H30Cl2FN5O8. The van der Waals surface area contributed by atoms with E-state index < -0.39 is 69.3 Å². The average molecular weight is 691 g/mol. The first-order valence-electron chi connectivity index (χ1n) is 14.3. The number of aliphatic hydroxyl groups excluding tert-OH is 1. The molecule has 2 N–H and O–H groups in total. The average Bonchev–Trinajstić information content (AvgIpc) is 3.74. The first-order chi connectivity index (χ1) is 21.9. The summed E-state index contributed by atoms with van der Waals surface area (Å²) in [6.45, 7) is 0.166. The molecule has 1 unspecified atom stereocenters. The van der Waals surface area contributed by atoms with E-state index in [1.807, 2.05) is 0 Å². The van der Waals surface area contributed by atoms with E-state index in [1.54, 1.807) is 4.90 Å². The number of nitro benzene ring substituents is 1. The highest BCUT2D eigenvalue weighted by Gasteiger charge is 2.72. The second-order valence-electron chi connectivity index (χ2n) is 11.6. The Hall–Kier alpha value is -4.24. The van der Waals surface area contributed by atoms with Crippen LogP contribution in [0, 0.1) is 32.0 Å². The van der Waals surface area contributed by atoms with Crippen LogP contribution in [-0.2, 0) is 15.1 Å². The molecular weight excluding hydrogens is 660 g/mol. The number of fused-ring (bicyclic) bond motifs is 2. The van der Waals surface area contributed by atoms with Gasteiger partial charge in [0, 0.05) is 28.7 Å². The maximum Gasteiger partial charge on any atom is 0.338 e. The molecule has 2 fully saturated rings. The Kier molecular flexibility index (Phi) is 9.25. The Morgan fingerprint density at radius 3 is 2.57 bits per heavy atom. The maximum atomic E-state index is 15.9. The van der Waals surface area contributed by atoms with Crippen molar-refractivity contribution in [3.8, 4) is 0 Å². The van der Waals surface area contributed by atoms with Gasteiger partial charge in [0.15, 0.2) is 0 Å². The van der Waals surface area contributed by atoms with Crippen LogP contribution in [0.4, 0.5) is 15.9 Å². The minimum Gasteiger partial charge on any atom is -0.465 e. The van der Waals surface area contributed by atoms with Crippen LogP contribution in [0.25, 0.3) is 0 Å². The first-order valence-corrected chi connectivity index (χ1v) is 15.0. The molecule has 1 saturated heterocycles. The van der Waals surface area contributed by atoms with Crippen molar-refractivity contribution in [3.05, 3.63) is 107 Å². The number of benzene rings is 2. The van der Waals surface area contributed by atoms with Gasteiger partial charge in [0.1, 0.15) is 22.3 Å². The number of hydrogen-bond acceptors (Lipinski definition) is 10. The summed E-state index contributed by atoms with van der Waals surface area (Å²) in [7, 11) is 1.11. The Labute approximate surface area is 277 Å². The molecule has 16 heteroatoms. The molecule has 6 rings (SSSR count). The second-order valence-corrected chi connectivity index (χ2v) is 12.4. The topological polar surface area (TPSA) is 178 Å². The Bertz CT molecular complexity index is 1790. The minimum atomic E-state index is -1.89. The summed E-state index contributed by atoms with van der Waals surface area (Å²) >= 11 is 12.3. The van der Waals surface area contributed by atoms with E-state index in [9.17, 15) is 34.9 Å². The van der Waals surface area contributed by atoms with Crippen LogP contribution in [0.3, 0.4) is 0 Å². The van der Waals surface area contributed by atoms with Crippen molar-refractivity contribution in [3.63, 3.8) is 0 Å². The largest absolute Gasteiger partial charge is 0.465 e. The number of hydrogen-bond donors (Lipinski definition) is 2. The van der Waals surface area contributed by atoms with E-state index in [0.29, 0.717) is 0 Å². The van der Waals surface area contributed by atoms with Gasteiger partial charge in [-0.15, -0.1) is 0 Å². The first kappa shape index (κ1) is 34.1. The fourth-order valence-corrected chi connectivity index (χ4v) is 7.32. The number of methoxy groups -OCH3 is 1. The lowest BCUT2D eigenvalue weighted by atomic mass is 9.73. The molecule has 0 radical (unpaired) electrons. The van der Waals surface area contributed by atoms with E-state index in [1.165, 1.54) is 42.5 Å². The van der Waals surface area contributed by atoms with Gasteiger partial charge in [0.25, 0.3) is 11.6 Å². The molecule has 3 aromatic rings. The van der Waals surface area contributed by atoms with Gasteiger partial charge in [-0.3, -0.25) is 29.9 Å². The Balaban J connectivity index is 0.00000433. The molecule has 1 spiro atoms. The van der Waals surface area contributed by atoms with Crippen LogP contribution in [-0.4, -0.2) is 62.5 Å². The van der Waals surface area contributed by atoms with E-state index >= 15 is 4.39 Å². The third kappa shape index (κ3) is 5.58. The van der Waals surface area contributed by atoms with Gasteiger partial charge in [-0.05, 0) is 55.5 Å². The number of likely N-dealkylation sites (tertiary alicyclic amines) is 1. The molecule has 1 saturated carbocycles. The summed E-state index contributed by atoms with van der Waals surface area (Å²) < 4.78 is 20.6. The monoisotopic (exact) mass is 689 g/mol. The fourth-order valence-electron chi connectivity index (χ4n) is 6.99. The maximum absolute atomic E-state index is 15.9. The molecule has 248 valence electrons. The smallest absolute Gasteiger partial charge is 0.338 e. The molecule has 5 atom stereocenters. The highest BCUT2D eigenvalue weighted by atomic mass is 35.5. The molecule has 0 bridgehead atoms. The zero-order valence-electron chi connectivity index (χ0n) is 24.1. The quantitative estimate of drug-likeness (QED) is 0.123. The number of pyridine rings is 1. The van der Waals surface area contributed by atoms with Crippen LogP contribution in [0.5, 0.6) is 0 Å². The number of rotatable bonds is 9. The molecule has 1 aromatic heterocycles. The van der Waals surface area contributed by atoms with Gasteiger partial charge in [0.05, 0.1) is 46.2 Å². The van der Waals surface area contributed by atoms with Crippen molar-refractivity contribution < 1.29 is 33.7 Å².